The topological polar surface area (TPSA) is 180 Å². The van der Waals surface area contributed by atoms with Gasteiger partial charge in [-0.3, -0.25) is 13.9 Å². The van der Waals surface area contributed by atoms with Crippen LogP contribution in [-0.2, 0) is 13.8 Å². The van der Waals surface area contributed by atoms with Crippen LogP contribution in [0.2, 0.25) is 0 Å². The van der Waals surface area contributed by atoms with Crippen molar-refractivity contribution in [1.82, 2.24) is 19.5 Å². The van der Waals surface area contributed by atoms with Crippen LogP contribution in [0.15, 0.2) is 17.4 Å². The van der Waals surface area contributed by atoms with Crippen molar-refractivity contribution in [3.63, 3.8) is 0 Å². The highest BCUT2D eigenvalue weighted by molar-refractivity contribution is 7.54. The summed E-state index contributed by atoms with van der Waals surface area (Å²) in [6, 6.07) is 0. The van der Waals surface area contributed by atoms with Gasteiger partial charge < -0.3 is 34.5 Å². The maximum Gasteiger partial charge on any atom is 0.359 e. The molecule has 7 atom stereocenters. The zero-order valence-electron chi connectivity index (χ0n) is 17.8. The van der Waals surface area contributed by atoms with Crippen molar-refractivity contribution in [2.75, 3.05) is 0 Å². The molecule has 5 N–H and O–H groups in total. The van der Waals surface area contributed by atoms with E-state index in [1.165, 1.54) is 24.1 Å². The summed E-state index contributed by atoms with van der Waals surface area (Å²) in [5.41, 5.74) is -1.47. The molecular weight excluding hydrogens is 431 g/mol. The van der Waals surface area contributed by atoms with Gasteiger partial charge in [0.15, 0.2) is 22.7 Å². The lowest BCUT2D eigenvalue weighted by atomic mass is 9.93. The lowest BCUT2D eigenvalue weighted by Gasteiger charge is -2.37. The minimum absolute atomic E-state index is 0.00372. The highest BCUT2D eigenvalue weighted by Crippen LogP contribution is 2.59. The summed E-state index contributed by atoms with van der Waals surface area (Å²) in [5.74, 6) is 0. The molecule has 7 unspecified atom stereocenters. The molecule has 0 spiro atoms. The molecule has 13 heteroatoms. The number of hydrogen-bond donors (Lipinski definition) is 5. The smallest absolute Gasteiger partial charge is 0.359 e. The van der Waals surface area contributed by atoms with Crippen molar-refractivity contribution < 1.29 is 34.0 Å². The number of aromatic nitrogens is 4. The van der Waals surface area contributed by atoms with Crippen LogP contribution < -0.4 is 5.56 Å². The first-order valence-corrected chi connectivity index (χ1v) is 11.6. The molecule has 0 bridgehead atoms. The van der Waals surface area contributed by atoms with Crippen LogP contribution in [0.25, 0.3) is 11.2 Å². The Morgan fingerprint density at radius 3 is 2.55 bits per heavy atom. The number of aliphatic hydroxyl groups excluding tert-OH is 2. The van der Waals surface area contributed by atoms with E-state index < -0.39 is 48.6 Å². The van der Waals surface area contributed by atoms with Gasteiger partial charge in [-0.2, -0.15) is 0 Å². The second-order valence-corrected chi connectivity index (χ2v) is 10.5. The van der Waals surface area contributed by atoms with Crippen molar-refractivity contribution in [2.24, 2.45) is 0 Å². The third kappa shape index (κ3) is 4.34. The Hall–Kier alpha value is -1.66. The molecule has 3 rings (SSSR count). The maximum absolute atomic E-state index is 12.7. The molecule has 2 aromatic heterocycles. The van der Waals surface area contributed by atoms with Crippen molar-refractivity contribution >= 4 is 18.8 Å². The first kappa shape index (κ1) is 24.0. The normalized spacial score (nSPS) is 30.1. The Morgan fingerprint density at radius 2 is 1.94 bits per heavy atom. The molecule has 0 amide bonds. The predicted molar refractivity (Wildman–Crippen MR) is 109 cm³/mol. The molecule has 1 aliphatic heterocycles. The van der Waals surface area contributed by atoms with E-state index in [4.69, 9.17) is 9.26 Å². The summed E-state index contributed by atoms with van der Waals surface area (Å²) in [6.45, 7) is 6.10. The Labute approximate surface area is 178 Å². The number of aliphatic hydroxyl groups is 3. The van der Waals surface area contributed by atoms with Crippen LogP contribution in [0.1, 0.15) is 53.2 Å². The van der Waals surface area contributed by atoms with Crippen LogP contribution >= 0.6 is 7.60 Å². The van der Waals surface area contributed by atoms with E-state index in [1.807, 2.05) is 0 Å². The molecule has 0 aliphatic carbocycles. The van der Waals surface area contributed by atoms with Gasteiger partial charge in [-0.1, -0.05) is 13.8 Å². The van der Waals surface area contributed by atoms with Crippen LogP contribution in [0.4, 0.5) is 0 Å². The number of nitrogens with one attached hydrogen (secondary N) is 1. The molecule has 31 heavy (non-hydrogen) atoms. The SMILES string of the molecule is CCC(C)(CC1OC(n2cnc3c(=O)[nH]cnc32)C(O)C1O)OP(=O)(O)C(C)(O)CC. The molecule has 174 valence electrons. The molecule has 0 radical (unpaired) electrons. The van der Waals surface area contributed by atoms with Crippen LogP contribution in [0.3, 0.4) is 0 Å². The first-order valence-electron chi connectivity index (χ1n) is 10.0. The molecule has 12 nitrogen and oxygen atoms in total. The lowest BCUT2D eigenvalue weighted by molar-refractivity contribution is -0.0689. The minimum Gasteiger partial charge on any atom is -0.388 e. The summed E-state index contributed by atoms with van der Waals surface area (Å²) in [7, 11) is -4.43. The van der Waals surface area contributed by atoms with Gasteiger partial charge in [0, 0.05) is 6.42 Å². The van der Waals surface area contributed by atoms with Gasteiger partial charge >= 0.3 is 7.60 Å². The number of nitrogens with zero attached hydrogens (tertiary/aromatic N) is 3. The van der Waals surface area contributed by atoms with Gasteiger partial charge in [0.1, 0.15) is 12.2 Å². The van der Waals surface area contributed by atoms with Crippen LogP contribution in [-0.4, -0.2) is 69.0 Å². The average Bonchev–Trinajstić information content (AvgIpc) is 3.25. The number of H-pyrrole nitrogens is 1. The van der Waals surface area contributed by atoms with E-state index in [2.05, 4.69) is 15.0 Å². The Balaban J connectivity index is 1.84. The Bertz CT molecular complexity index is 1040. The first-order chi connectivity index (χ1) is 14.4. The lowest BCUT2D eigenvalue weighted by Crippen LogP contribution is -2.40. The molecule has 3 heterocycles. The number of aromatic amines is 1. The van der Waals surface area contributed by atoms with Gasteiger partial charge in [-0.25, -0.2) is 9.97 Å². The van der Waals surface area contributed by atoms with Gasteiger partial charge in [0.2, 0.25) is 0 Å². The quantitative estimate of drug-likeness (QED) is 0.350. The zero-order chi connectivity index (χ0) is 23.2. The molecule has 0 aromatic carbocycles. The van der Waals surface area contributed by atoms with Crippen molar-refractivity contribution in [1.29, 1.82) is 0 Å². The Kier molecular flexibility index (Phi) is 6.47. The van der Waals surface area contributed by atoms with Crippen molar-refractivity contribution in [2.45, 2.75) is 82.4 Å². The number of hydrogen-bond acceptors (Lipinski definition) is 9. The largest absolute Gasteiger partial charge is 0.388 e. The van der Waals surface area contributed by atoms with E-state index in [1.54, 1.807) is 20.8 Å². The van der Waals surface area contributed by atoms with E-state index in [0.29, 0.717) is 0 Å². The highest BCUT2D eigenvalue weighted by atomic mass is 31.2. The van der Waals surface area contributed by atoms with E-state index in [-0.39, 0.29) is 30.4 Å². The predicted octanol–water partition coefficient (Wildman–Crippen LogP) is 0.618. The molecule has 1 fully saturated rings. The second kappa shape index (κ2) is 8.36. The molecule has 0 saturated carbocycles. The highest BCUT2D eigenvalue weighted by Gasteiger charge is 2.50. The van der Waals surface area contributed by atoms with Gasteiger partial charge in [-0.15, -0.1) is 0 Å². The van der Waals surface area contributed by atoms with Crippen molar-refractivity contribution in [3.8, 4) is 0 Å². The summed E-state index contributed by atoms with van der Waals surface area (Å²) < 4.78 is 25.4. The standard InChI is InChI=1S/C18H29N4O8P/c1-5-17(3,30-31(27,28)18(4,26)6-2)7-10-12(23)13(24)16(29-10)22-9-21-11-14(22)19-8-20-15(11)25/h8-10,12-13,16,23-24,26H,5-7H2,1-4H3,(H,27,28)(H,19,20,25). The monoisotopic (exact) mass is 460 g/mol. The fourth-order valence-corrected chi connectivity index (χ4v) is 4.84. The molecule has 2 aromatic rings. The maximum atomic E-state index is 12.7. The summed E-state index contributed by atoms with van der Waals surface area (Å²) >= 11 is 0. The summed E-state index contributed by atoms with van der Waals surface area (Å²) in [5, 5.41) is 29.5. The van der Waals surface area contributed by atoms with E-state index in [9.17, 15) is 29.6 Å². The van der Waals surface area contributed by atoms with Crippen LogP contribution in [0.5, 0.6) is 0 Å². The number of rotatable bonds is 8. The molecular formula is C18H29N4O8P. The fourth-order valence-electron chi connectivity index (χ4n) is 3.45. The molecule has 1 saturated heterocycles. The van der Waals surface area contributed by atoms with E-state index in [0.717, 1.165) is 0 Å². The summed E-state index contributed by atoms with van der Waals surface area (Å²) in [6.07, 6.45) is -2.05. The van der Waals surface area contributed by atoms with Crippen LogP contribution in [0, 0.1) is 0 Å². The number of ether oxygens (including phenoxy) is 1. The summed E-state index contributed by atoms with van der Waals surface area (Å²) in [4.78, 5) is 32.6. The van der Waals surface area contributed by atoms with Gasteiger partial charge in [0.25, 0.3) is 5.56 Å². The van der Waals surface area contributed by atoms with Gasteiger partial charge in [-0.05, 0) is 26.7 Å². The minimum atomic E-state index is -4.43. The average molecular weight is 460 g/mol. The van der Waals surface area contributed by atoms with Crippen molar-refractivity contribution in [3.05, 3.63) is 23.0 Å². The number of imidazole rings is 1. The number of fused-ring (bicyclic) bond motifs is 1. The fraction of sp³-hybridized carbons (Fsp3) is 0.722. The Morgan fingerprint density at radius 1 is 1.26 bits per heavy atom. The third-order valence-electron chi connectivity index (χ3n) is 5.98. The third-order valence-corrected chi connectivity index (χ3v) is 8.20. The zero-order valence-corrected chi connectivity index (χ0v) is 18.7. The van der Waals surface area contributed by atoms with Gasteiger partial charge in [0.05, 0.1) is 24.4 Å². The second-order valence-electron chi connectivity index (χ2n) is 8.29. The van der Waals surface area contributed by atoms with E-state index >= 15 is 0 Å². The molecule has 1 aliphatic rings.